The van der Waals surface area contributed by atoms with Gasteiger partial charge in [0.15, 0.2) is 5.15 Å². The fourth-order valence-corrected chi connectivity index (χ4v) is 1.07. The maximum absolute atomic E-state index is 11.3. The minimum Gasteiger partial charge on any atom is -0.383 e. The Kier molecular flexibility index (Phi) is 3.71. The van der Waals surface area contributed by atoms with E-state index in [-0.39, 0.29) is 15.7 Å². The molecule has 6 heteroatoms. The molecule has 0 atom stereocenters. The highest BCUT2D eigenvalue weighted by Gasteiger charge is 2.06. The fourth-order valence-electron chi connectivity index (χ4n) is 0.793. The van der Waals surface area contributed by atoms with Crippen LogP contribution in [-0.4, -0.2) is 23.3 Å². The van der Waals surface area contributed by atoms with E-state index in [1.165, 1.54) is 10.9 Å². The Bertz CT molecular complexity index is 351. The van der Waals surface area contributed by atoms with Gasteiger partial charge in [0.25, 0.3) is 5.56 Å². The van der Waals surface area contributed by atoms with Crippen molar-refractivity contribution in [2.45, 2.75) is 6.54 Å². The Hall–Kier alpha value is -0.580. The molecule has 0 fully saturated rings. The zero-order valence-electron chi connectivity index (χ0n) is 6.96. The van der Waals surface area contributed by atoms with E-state index in [9.17, 15) is 4.79 Å². The van der Waals surface area contributed by atoms with Gasteiger partial charge in [-0.25, -0.2) is 4.98 Å². The maximum atomic E-state index is 11.3. The van der Waals surface area contributed by atoms with Gasteiger partial charge in [-0.2, -0.15) is 0 Å². The molecule has 0 radical (unpaired) electrons. The second-order valence-electron chi connectivity index (χ2n) is 2.34. The zero-order chi connectivity index (χ0) is 9.84. The van der Waals surface area contributed by atoms with Crippen molar-refractivity contribution in [3.63, 3.8) is 0 Å². The molecule has 0 amide bonds. The van der Waals surface area contributed by atoms with E-state index >= 15 is 0 Å². The molecule has 4 nitrogen and oxygen atoms in total. The normalized spacial score (nSPS) is 10.4. The summed E-state index contributed by atoms with van der Waals surface area (Å²) in [5.74, 6) is 0. The lowest BCUT2D eigenvalue weighted by Crippen LogP contribution is -2.22. The number of halogens is 2. The van der Waals surface area contributed by atoms with Gasteiger partial charge in [0.05, 0.1) is 19.5 Å². The number of nitrogens with zero attached hydrogens (tertiary/aromatic N) is 2. The molecule has 0 unspecified atom stereocenters. The molecule has 0 saturated carbocycles. The molecule has 0 N–H and O–H groups in total. The minimum atomic E-state index is -0.348. The lowest BCUT2D eigenvalue weighted by atomic mass is 10.6. The van der Waals surface area contributed by atoms with Crippen molar-refractivity contribution in [3.05, 3.63) is 26.9 Å². The number of hydrogen-bond acceptors (Lipinski definition) is 3. The first-order valence-electron chi connectivity index (χ1n) is 3.56. The van der Waals surface area contributed by atoms with Gasteiger partial charge < -0.3 is 4.74 Å². The molecule has 0 spiro atoms. The van der Waals surface area contributed by atoms with E-state index in [1.54, 1.807) is 7.11 Å². The topological polar surface area (TPSA) is 44.1 Å². The average molecular weight is 223 g/mol. The quantitative estimate of drug-likeness (QED) is 0.723. The second kappa shape index (κ2) is 4.60. The number of aromatic nitrogens is 2. The van der Waals surface area contributed by atoms with Crippen LogP contribution in [0.15, 0.2) is 11.1 Å². The number of ether oxygens (including phenoxy) is 1. The van der Waals surface area contributed by atoms with E-state index in [2.05, 4.69) is 4.98 Å². The molecule has 1 rings (SSSR count). The van der Waals surface area contributed by atoms with Crippen LogP contribution in [0.25, 0.3) is 0 Å². The molecule has 0 aliphatic carbocycles. The third-order valence-electron chi connectivity index (χ3n) is 1.48. The first-order valence-corrected chi connectivity index (χ1v) is 4.31. The third-order valence-corrected chi connectivity index (χ3v) is 2.20. The van der Waals surface area contributed by atoms with Gasteiger partial charge >= 0.3 is 0 Å². The monoisotopic (exact) mass is 222 g/mol. The lowest BCUT2D eigenvalue weighted by Gasteiger charge is -2.04. The first-order chi connectivity index (χ1) is 6.16. The molecule has 1 aromatic heterocycles. The van der Waals surface area contributed by atoms with Crippen LogP contribution in [0.4, 0.5) is 0 Å². The van der Waals surface area contributed by atoms with Crippen LogP contribution in [0.2, 0.25) is 10.2 Å². The molecule has 0 bridgehead atoms. The summed E-state index contributed by atoms with van der Waals surface area (Å²) in [6, 6.07) is 0. The molecule has 1 aromatic rings. The molecule has 1 heterocycles. The highest BCUT2D eigenvalue weighted by molar-refractivity contribution is 6.40. The number of methoxy groups -OCH3 is 1. The van der Waals surface area contributed by atoms with Crippen LogP contribution < -0.4 is 5.56 Å². The molecule has 0 aromatic carbocycles. The summed E-state index contributed by atoms with van der Waals surface area (Å²) in [5.41, 5.74) is -0.348. The van der Waals surface area contributed by atoms with Crippen molar-refractivity contribution >= 4 is 23.2 Å². The Morgan fingerprint density at radius 3 is 2.92 bits per heavy atom. The highest BCUT2D eigenvalue weighted by Crippen LogP contribution is 2.12. The van der Waals surface area contributed by atoms with Gasteiger partial charge in [-0.15, -0.1) is 0 Å². The summed E-state index contributed by atoms with van der Waals surface area (Å²) in [4.78, 5) is 15.1. The van der Waals surface area contributed by atoms with E-state index in [0.29, 0.717) is 13.2 Å². The van der Waals surface area contributed by atoms with Crippen LogP contribution >= 0.6 is 23.2 Å². The molecule has 0 aliphatic rings. The molecule has 0 aliphatic heterocycles. The minimum absolute atomic E-state index is 0.0281. The van der Waals surface area contributed by atoms with E-state index < -0.39 is 0 Å². The summed E-state index contributed by atoms with van der Waals surface area (Å²) in [6.07, 6.45) is 1.34. The molecular formula is C7H8Cl2N2O2. The number of hydrogen-bond donors (Lipinski definition) is 0. The Morgan fingerprint density at radius 1 is 1.62 bits per heavy atom. The number of rotatable bonds is 3. The summed E-state index contributed by atoms with van der Waals surface area (Å²) < 4.78 is 6.15. The lowest BCUT2D eigenvalue weighted by molar-refractivity contribution is 0.186. The van der Waals surface area contributed by atoms with Gasteiger partial charge in [-0.3, -0.25) is 9.36 Å². The van der Waals surface area contributed by atoms with Crippen molar-refractivity contribution in [1.82, 2.24) is 9.55 Å². The van der Waals surface area contributed by atoms with Crippen LogP contribution in [0.1, 0.15) is 0 Å². The molecule has 72 valence electrons. The van der Waals surface area contributed by atoms with E-state index in [0.717, 1.165) is 0 Å². The van der Waals surface area contributed by atoms with Gasteiger partial charge in [-0.05, 0) is 0 Å². The summed E-state index contributed by atoms with van der Waals surface area (Å²) in [6.45, 7) is 0.846. The average Bonchev–Trinajstić information content (AvgIpc) is 2.13. The summed E-state index contributed by atoms with van der Waals surface area (Å²) in [5, 5.41) is -0.0272. The summed E-state index contributed by atoms with van der Waals surface area (Å²) in [7, 11) is 1.55. The van der Waals surface area contributed by atoms with Crippen LogP contribution in [0, 0.1) is 0 Å². The van der Waals surface area contributed by atoms with Crippen molar-refractivity contribution in [2.24, 2.45) is 0 Å². The maximum Gasteiger partial charge on any atom is 0.273 e. The standard InChI is InChI=1S/C7H8Cl2N2O2/c1-13-3-2-11-4-10-6(9)5(8)7(11)12/h4H,2-3H2,1H3. The van der Waals surface area contributed by atoms with Crippen LogP contribution in [0.5, 0.6) is 0 Å². The predicted octanol–water partition coefficient (Wildman–Crippen LogP) is 1.20. The van der Waals surface area contributed by atoms with Crippen molar-refractivity contribution < 1.29 is 4.74 Å². The van der Waals surface area contributed by atoms with Gasteiger partial charge in [0.1, 0.15) is 5.02 Å². The smallest absolute Gasteiger partial charge is 0.273 e. The van der Waals surface area contributed by atoms with Crippen LogP contribution in [0.3, 0.4) is 0 Å². The van der Waals surface area contributed by atoms with Gasteiger partial charge in [0.2, 0.25) is 0 Å². The van der Waals surface area contributed by atoms with Crippen LogP contribution in [-0.2, 0) is 11.3 Å². The second-order valence-corrected chi connectivity index (χ2v) is 3.08. The fraction of sp³-hybridized carbons (Fsp3) is 0.429. The SMILES string of the molecule is COCCn1cnc(Cl)c(Cl)c1=O. The van der Waals surface area contributed by atoms with Crippen molar-refractivity contribution in [3.8, 4) is 0 Å². The van der Waals surface area contributed by atoms with Gasteiger partial charge in [-0.1, -0.05) is 23.2 Å². The molecule has 13 heavy (non-hydrogen) atoms. The van der Waals surface area contributed by atoms with Crippen molar-refractivity contribution in [1.29, 1.82) is 0 Å². The Labute approximate surface area is 85.1 Å². The van der Waals surface area contributed by atoms with E-state index in [4.69, 9.17) is 27.9 Å². The Balaban J connectivity index is 2.97. The third kappa shape index (κ3) is 2.43. The molecular weight excluding hydrogens is 215 g/mol. The summed E-state index contributed by atoms with van der Waals surface area (Å²) >= 11 is 11.1. The highest BCUT2D eigenvalue weighted by atomic mass is 35.5. The van der Waals surface area contributed by atoms with Gasteiger partial charge in [0, 0.05) is 7.11 Å². The van der Waals surface area contributed by atoms with Crippen molar-refractivity contribution in [2.75, 3.05) is 13.7 Å². The Morgan fingerprint density at radius 2 is 2.31 bits per heavy atom. The predicted molar refractivity (Wildman–Crippen MR) is 50.4 cm³/mol. The first kappa shape index (κ1) is 10.5. The largest absolute Gasteiger partial charge is 0.383 e. The van der Waals surface area contributed by atoms with E-state index in [1.807, 2.05) is 0 Å². The zero-order valence-corrected chi connectivity index (χ0v) is 8.47. The molecule has 0 saturated heterocycles.